The number of benzene rings is 2. The maximum Gasteiger partial charge on any atom is 0.327 e. The van der Waals surface area contributed by atoms with Gasteiger partial charge < -0.3 is 30.8 Å². The average molecular weight is 476 g/mol. The van der Waals surface area contributed by atoms with Gasteiger partial charge in [-0.2, -0.15) is 9.97 Å². The molecule has 9 N–H and O–H groups in total. The molecule has 0 aliphatic heterocycles. The first-order chi connectivity index (χ1) is 16.7. The van der Waals surface area contributed by atoms with Crippen LogP contribution in [0.4, 0.5) is 11.4 Å². The molecule has 0 spiro atoms. The maximum absolute atomic E-state index is 6.26. The summed E-state index contributed by atoms with van der Waals surface area (Å²) in [7, 11) is 3.80. The molecule has 0 atom stereocenters. The Morgan fingerprint density at radius 3 is 2.54 bits per heavy atom. The Balaban J connectivity index is 1.79. The standard InChI is InChI=1S/C23H26N10O2/c1-4-17-29-18-20(30-17)31-23(34-14-7-5-6-13(11-14)28-22(26)27)32-21(18)35-16-10-12(19(24)25)8-9-15(16)33(2)3/h5-11H,4H2,1-3H3,(H3,24,25)(H4,26,27,28)(H,29,30,31,32)/p+1. The molecule has 0 fully saturated rings. The zero-order valence-corrected chi connectivity index (χ0v) is 19.6. The van der Waals surface area contributed by atoms with Crippen LogP contribution in [0.1, 0.15) is 18.3 Å². The lowest BCUT2D eigenvalue weighted by Gasteiger charge is -2.18. The first-order valence-corrected chi connectivity index (χ1v) is 10.7. The Hall–Kier alpha value is -4.87. The molecule has 0 bridgehead atoms. The van der Waals surface area contributed by atoms with E-state index in [0.717, 1.165) is 11.5 Å². The van der Waals surface area contributed by atoms with Crippen molar-refractivity contribution in [3.05, 3.63) is 53.9 Å². The van der Waals surface area contributed by atoms with Crippen LogP contribution in [0, 0.1) is 0 Å². The molecule has 4 aromatic rings. The van der Waals surface area contributed by atoms with Crippen LogP contribution in [-0.2, 0) is 6.42 Å². The molecule has 4 rings (SSSR count). The Kier molecular flexibility index (Phi) is 6.36. The second-order valence-corrected chi connectivity index (χ2v) is 7.82. The second-order valence-electron chi connectivity index (χ2n) is 7.82. The van der Waals surface area contributed by atoms with E-state index in [0.29, 0.717) is 40.3 Å². The van der Waals surface area contributed by atoms with E-state index in [1.807, 2.05) is 38.1 Å². The third-order valence-electron chi connectivity index (χ3n) is 4.95. The fourth-order valence-electron chi connectivity index (χ4n) is 3.31. The van der Waals surface area contributed by atoms with Crippen molar-refractivity contribution in [2.75, 3.05) is 19.0 Å². The molecule has 12 nitrogen and oxygen atoms in total. The Labute approximate surface area is 201 Å². The fourth-order valence-corrected chi connectivity index (χ4v) is 3.31. The molecule has 0 saturated heterocycles. The maximum atomic E-state index is 6.26. The van der Waals surface area contributed by atoms with Crippen molar-refractivity contribution >= 4 is 34.3 Å². The number of guanidine groups is 1. The highest BCUT2D eigenvalue weighted by Gasteiger charge is 2.19. The Morgan fingerprint density at radius 2 is 1.86 bits per heavy atom. The van der Waals surface area contributed by atoms with E-state index in [4.69, 9.17) is 32.1 Å². The first kappa shape index (κ1) is 23.3. The van der Waals surface area contributed by atoms with E-state index < -0.39 is 0 Å². The number of fused-ring (bicyclic) bond motifs is 1. The quantitative estimate of drug-likeness (QED) is 0.182. The number of aliphatic imine (C=N–C) groups is 1. The third kappa shape index (κ3) is 5.21. The average Bonchev–Trinajstić information content (AvgIpc) is 3.22. The highest BCUT2D eigenvalue weighted by atomic mass is 16.5. The predicted octanol–water partition coefficient (Wildman–Crippen LogP) is 0.935. The summed E-state index contributed by atoms with van der Waals surface area (Å²) in [6, 6.07) is 12.3. The van der Waals surface area contributed by atoms with E-state index in [9.17, 15) is 0 Å². The summed E-state index contributed by atoms with van der Waals surface area (Å²) < 4.78 is 12.2. The van der Waals surface area contributed by atoms with Gasteiger partial charge >= 0.3 is 6.01 Å². The number of aryl methyl sites for hydroxylation is 1. The summed E-state index contributed by atoms with van der Waals surface area (Å²) in [5, 5.41) is 5.81. The molecular formula is C23H27N10O2+. The molecule has 180 valence electrons. The Bertz CT molecular complexity index is 1420. The molecule has 0 unspecified atom stereocenters. The fraction of sp³-hybridized carbons (Fsp3) is 0.174. The second kappa shape index (κ2) is 9.55. The van der Waals surface area contributed by atoms with Crippen molar-refractivity contribution in [2.45, 2.75) is 13.3 Å². The van der Waals surface area contributed by atoms with Gasteiger partial charge in [-0.05, 0) is 30.3 Å². The van der Waals surface area contributed by atoms with Crippen molar-refractivity contribution < 1.29 is 14.9 Å². The lowest BCUT2D eigenvalue weighted by Crippen LogP contribution is -2.46. The topological polar surface area (TPSA) is 192 Å². The summed E-state index contributed by atoms with van der Waals surface area (Å²) in [5.74, 6) is 2.00. The van der Waals surface area contributed by atoms with Gasteiger partial charge in [-0.25, -0.2) is 9.98 Å². The monoisotopic (exact) mass is 475 g/mol. The molecule has 0 amide bonds. The molecule has 0 radical (unpaired) electrons. The number of aromatic amines is 1. The van der Waals surface area contributed by atoms with Gasteiger partial charge in [0.15, 0.2) is 17.4 Å². The number of aromatic nitrogens is 4. The number of hydrogen-bond donors (Lipinski definition) is 5. The molecule has 2 aromatic carbocycles. The van der Waals surface area contributed by atoms with E-state index in [2.05, 4.69) is 24.9 Å². The third-order valence-corrected chi connectivity index (χ3v) is 4.95. The van der Waals surface area contributed by atoms with Crippen LogP contribution in [-0.4, -0.2) is 45.8 Å². The summed E-state index contributed by atoms with van der Waals surface area (Å²) in [6.07, 6.45) is 0.670. The van der Waals surface area contributed by atoms with E-state index in [1.165, 1.54) is 0 Å². The van der Waals surface area contributed by atoms with Crippen LogP contribution < -0.4 is 37.0 Å². The molecule has 2 heterocycles. The van der Waals surface area contributed by atoms with Crippen LogP contribution in [0.15, 0.2) is 47.5 Å². The lowest BCUT2D eigenvalue weighted by molar-refractivity contribution is -0.114. The number of nitrogens with two attached hydrogens (primary N) is 4. The van der Waals surface area contributed by atoms with E-state index in [-0.39, 0.29) is 23.7 Å². The van der Waals surface area contributed by atoms with Crippen LogP contribution in [0.5, 0.6) is 23.4 Å². The minimum Gasteiger partial charge on any atom is -0.435 e. The first-order valence-electron chi connectivity index (χ1n) is 10.7. The highest BCUT2D eigenvalue weighted by molar-refractivity contribution is 5.94. The van der Waals surface area contributed by atoms with Gasteiger partial charge in [0.2, 0.25) is 0 Å². The number of ether oxygens (including phenoxy) is 2. The minimum absolute atomic E-state index is 0.0379. The smallest absolute Gasteiger partial charge is 0.327 e. The Morgan fingerprint density at radius 1 is 1.06 bits per heavy atom. The van der Waals surface area contributed by atoms with Crippen molar-refractivity contribution in [1.82, 2.24) is 19.9 Å². The molecule has 0 aliphatic rings. The zero-order valence-electron chi connectivity index (χ0n) is 19.6. The summed E-state index contributed by atoms with van der Waals surface area (Å²) >= 11 is 0. The van der Waals surface area contributed by atoms with Gasteiger partial charge in [-0.15, -0.1) is 0 Å². The van der Waals surface area contributed by atoms with Gasteiger partial charge in [0, 0.05) is 26.6 Å². The molecule has 12 heteroatoms. The van der Waals surface area contributed by atoms with Crippen LogP contribution in [0.2, 0.25) is 0 Å². The number of amidine groups is 1. The predicted molar refractivity (Wildman–Crippen MR) is 134 cm³/mol. The SMILES string of the molecule is CCc1nc2nc(Oc3cccc(N=C(N)N)c3)nc(Oc3cc(C(N)=[NH2+])ccc3N(C)C)c2[nH]1. The lowest BCUT2D eigenvalue weighted by atomic mass is 10.1. The van der Waals surface area contributed by atoms with Crippen molar-refractivity contribution in [3.8, 4) is 23.4 Å². The number of imidazole rings is 1. The van der Waals surface area contributed by atoms with Gasteiger partial charge in [-0.1, -0.05) is 13.0 Å². The molecular weight excluding hydrogens is 448 g/mol. The molecule has 2 aromatic heterocycles. The van der Waals surface area contributed by atoms with Crippen molar-refractivity contribution in [1.29, 1.82) is 0 Å². The largest absolute Gasteiger partial charge is 0.435 e. The van der Waals surface area contributed by atoms with Crippen LogP contribution in [0.3, 0.4) is 0 Å². The number of nitrogens with one attached hydrogen (secondary N) is 1. The van der Waals surface area contributed by atoms with Gasteiger partial charge in [0.25, 0.3) is 11.7 Å². The summed E-state index contributed by atoms with van der Waals surface area (Å²) in [4.78, 5) is 22.6. The normalized spacial score (nSPS) is 10.7. The molecule has 0 saturated carbocycles. The number of rotatable bonds is 8. The van der Waals surface area contributed by atoms with Gasteiger partial charge in [0.05, 0.1) is 16.9 Å². The highest BCUT2D eigenvalue weighted by Crippen LogP contribution is 2.35. The zero-order chi connectivity index (χ0) is 25.1. The van der Waals surface area contributed by atoms with Gasteiger partial charge in [0.1, 0.15) is 17.1 Å². The van der Waals surface area contributed by atoms with Crippen molar-refractivity contribution in [3.63, 3.8) is 0 Å². The number of H-pyrrole nitrogens is 1. The number of anilines is 1. The molecule has 0 aliphatic carbocycles. The van der Waals surface area contributed by atoms with E-state index >= 15 is 0 Å². The number of hydrogen-bond acceptors (Lipinski definition) is 7. The van der Waals surface area contributed by atoms with E-state index in [1.54, 1.807) is 30.3 Å². The van der Waals surface area contributed by atoms with Crippen molar-refractivity contribution in [2.24, 2.45) is 22.2 Å². The minimum atomic E-state index is -0.0617. The summed E-state index contributed by atoms with van der Waals surface area (Å²) in [6.45, 7) is 1.98. The number of nitrogens with zero attached hydrogens (tertiary/aromatic N) is 5. The van der Waals surface area contributed by atoms with Gasteiger partial charge in [-0.3, -0.25) is 11.1 Å². The van der Waals surface area contributed by atoms with Crippen LogP contribution >= 0.6 is 0 Å². The molecule has 35 heavy (non-hydrogen) atoms. The summed E-state index contributed by atoms with van der Waals surface area (Å²) in [5.41, 5.74) is 19.6. The van der Waals surface area contributed by atoms with Crippen LogP contribution in [0.25, 0.3) is 11.2 Å².